The van der Waals surface area contributed by atoms with Gasteiger partial charge in [0.1, 0.15) is 6.10 Å². The summed E-state index contributed by atoms with van der Waals surface area (Å²) >= 11 is 0. The molecule has 18 heavy (non-hydrogen) atoms. The molecular formula is C12H24O6. The Morgan fingerprint density at radius 3 is 1.83 bits per heavy atom. The molecule has 0 saturated carbocycles. The Kier molecular flexibility index (Phi) is 10.1. The number of aldehydes is 1. The first-order valence-corrected chi connectivity index (χ1v) is 6.08. The van der Waals surface area contributed by atoms with Crippen LogP contribution in [0.15, 0.2) is 0 Å². The second-order valence-electron chi connectivity index (χ2n) is 4.32. The summed E-state index contributed by atoms with van der Waals surface area (Å²) in [5.74, 6) is 0. The second kappa shape index (κ2) is 10.4. The van der Waals surface area contributed by atoms with Crippen molar-refractivity contribution in [3.05, 3.63) is 0 Å². The van der Waals surface area contributed by atoms with Crippen LogP contribution in [0, 0.1) is 0 Å². The van der Waals surface area contributed by atoms with E-state index in [1.165, 1.54) is 0 Å². The molecule has 0 aromatic rings. The molecule has 4 atom stereocenters. The number of rotatable bonds is 11. The van der Waals surface area contributed by atoms with Crippen LogP contribution in [0.5, 0.6) is 0 Å². The number of ether oxygens (including phenoxy) is 3. The Bertz CT molecular complexity index is 211. The molecule has 6 nitrogen and oxygen atoms in total. The number of hydrogen-bond acceptors (Lipinski definition) is 6. The minimum absolute atomic E-state index is 0.0180. The van der Waals surface area contributed by atoms with E-state index in [0.717, 1.165) is 0 Å². The fourth-order valence-electron chi connectivity index (χ4n) is 1.05. The second-order valence-corrected chi connectivity index (χ2v) is 4.32. The van der Waals surface area contributed by atoms with E-state index >= 15 is 0 Å². The highest BCUT2D eigenvalue weighted by Crippen LogP contribution is 2.00. The molecule has 0 saturated heterocycles. The largest absolute Gasteiger partial charge is 0.394 e. The Hall–Kier alpha value is -0.530. The van der Waals surface area contributed by atoms with E-state index in [0.29, 0.717) is 19.5 Å². The number of carbonyl (C=O) groups is 1. The van der Waals surface area contributed by atoms with Crippen molar-refractivity contribution in [2.45, 2.75) is 45.2 Å². The lowest BCUT2D eigenvalue weighted by molar-refractivity contribution is -0.121. The summed E-state index contributed by atoms with van der Waals surface area (Å²) in [5, 5.41) is 17.8. The van der Waals surface area contributed by atoms with E-state index in [1.54, 1.807) is 13.8 Å². The average Bonchev–Trinajstić information content (AvgIpc) is 2.39. The van der Waals surface area contributed by atoms with Crippen LogP contribution in [0.25, 0.3) is 0 Å². The van der Waals surface area contributed by atoms with Gasteiger partial charge in [0.2, 0.25) is 0 Å². The zero-order valence-electron chi connectivity index (χ0n) is 11.2. The van der Waals surface area contributed by atoms with Crippen LogP contribution in [-0.2, 0) is 19.0 Å². The molecule has 4 unspecified atom stereocenters. The average molecular weight is 264 g/mol. The molecule has 0 aliphatic carbocycles. The third-order valence-electron chi connectivity index (χ3n) is 2.20. The summed E-state index contributed by atoms with van der Waals surface area (Å²) in [6, 6.07) is 0. The van der Waals surface area contributed by atoms with Crippen LogP contribution >= 0.6 is 0 Å². The lowest BCUT2D eigenvalue weighted by Gasteiger charge is -2.19. The maximum atomic E-state index is 10.2. The molecule has 6 heteroatoms. The fourth-order valence-corrected chi connectivity index (χ4v) is 1.05. The predicted molar refractivity (Wildman–Crippen MR) is 65.4 cm³/mol. The van der Waals surface area contributed by atoms with Crippen molar-refractivity contribution >= 4 is 6.29 Å². The zero-order valence-corrected chi connectivity index (χ0v) is 11.2. The highest BCUT2D eigenvalue weighted by atomic mass is 16.6. The Morgan fingerprint density at radius 2 is 1.39 bits per heavy atom. The maximum Gasteiger partial charge on any atom is 0.150 e. The van der Waals surface area contributed by atoms with E-state index in [2.05, 4.69) is 0 Å². The van der Waals surface area contributed by atoms with Crippen LogP contribution < -0.4 is 0 Å². The standard InChI is InChI=1S/C12H24O6/c1-9(4-13)16-6-10(2)17-7-11(3)18-8-12(15)5-14/h5,9-13,15H,4,6-8H2,1-3H3. The molecule has 0 aliphatic heterocycles. The molecule has 2 N–H and O–H groups in total. The van der Waals surface area contributed by atoms with Crippen LogP contribution in [0.1, 0.15) is 20.8 Å². The number of aliphatic hydroxyl groups excluding tert-OH is 2. The van der Waals surface area contributed by atoms with Gasteiger partial charge >= 0.3 is 0 Å². The summed E-state index contributed by atoms with van der Waals surface area (Å²) in [6.45, 7) is 6.13. The van der Waals surface area contributed by atoms with Gasteiger partial charge in [0, 0.05) is 0 Å². The third kappa shape index (κ3) is 9.49. The summed E-state index contributed by atoms with van der Waals surface area (Å²) in [7, 11) is 0. The number of hydrogen-bond donors (Lipinski definition) is 2. The van der Waals surface area contributed by atoms with Gasteiger partial charge in [-0.3, -0.25) is 0 Å². The van der Waals surface area contributed by atoms with E-state index in [4.69, 9.17) is 24.4 Å². The van der Waals surface area contributed by atoms with Gasteiger partial charge in [-0.15, -0.1) is 0 Å². The quantitative estimate of drug-likeness (QED) is 0.501. The molecule has 0 rings (SSSR count). The number of aliphatic hydroxyl groups is 2. The highest BCUT2D eigenvalue weighted by Gasteiger charge is 2.10. The first-order chi connectivity index (χ1) is 8.49. The summed E-state index contributed by atoms with van der Waals surface area (Å²) < 4.78 is 16.0. The van der Waals surface area contributed by atoms with E-state index in [1.807, 2.05) is 6.92 Å². The van der Waals surface area contributed by atoms with Gasteiger partial charge in [-0.2, -0.15) is 0 Å². The van der Waals surface area contributed by atoms with Gasteiger partial charge < -0.3 is 29.2 Å². The van der Waals surface area contributed by atoms with E-state index < -0.39 is 6.10 Å². The zero-order chi connectivity index (χ0) is 14.0. The Morgan fingerprint density at radius 1 is 0.944 bits per heavy atom. The highest BCUT2D eigenvalue weighted by molar-refractivity contribution is 5.55. The first-order valence-electron chi connectivity index (χ1n) is 6.08. The molecular weight excluding hydrogens is 240 g/mol. The fraction of sp³-hybridized carbons (Fsp3) is 0.917. The first kappa shape index (κ1) is 17.5. The van der Waals surface area contributed by atoms with Crippen molar-refractivity contribution < 1.29 is 29.2 Å². The molecule has 0 radical (unpaired) electrons. The maximum absolute atomic E-state index is 10.2. The SMILES string of the molecule is CC(CO)OCC(C)OCC(C)OCC(O)C=O. The van der Waals surface area contributed by atoms with Crippen molar-refractivity contribution in [1.82, 2.24) is 0 Å². The number of carbonyl (C=O) groups excluding carboxylic acids is 1. The van der Waals surface area contributed by atoms with Crippen LogP contribution in [0.2, 0.25) is 0 Å². The van der Waals surface area contributed by atoms with Gasteiger partial charge in [-0.05, 0) is 20.8 Å². The van der Waals surface area contributed by atoms with Crippen molar-refractivity contribution in [3.63, 3.8) is 0 Å². The van der Waals surface area contributed by atoms with Crippen molar-refractivity contribution in [2.75, 3.05) is 26.4 Å². The molecule has 0 aliphatic rings. The molecule has 108 valence electrons. The predicted octanol–water partition coefficient (Wildman–Crippen LogP) is -0.246. The molecule has 0 bridgehead atoms. The molecule has 0 amide bonds. The smallest absolute Gasteiger partial charge is 0.150 e. The molecule has 0 fully saturated rings. The van der Waals surface area contributed by atoms with Gasteiger partial charge in [-0.25, -0.2) is 0 Å². The van der Waals surface area contributed by atoms with Gasteiger partial charge in [-0.1, -0.05) is 0 Å². The summed E-state index contributed by atoms with van der Waals surface area (Å²) in [6.07, 6.45) is -1.18. The summed E-state index contributed by atoms with van der Waals surface area (Å²) in [4.78, 5) is 10.2. The Labute approximate surface area is 108 Å². The van der Waals surface area contributed by atoms with E-state index in [-0.39, 0.29) is 31.5 Å². The lowest BCUT2D eigenvalue weighted by atomic mass is 10.3. The molecule has 0 spiro atoms. The minimum atomic E-state index is -1.08. The van der Waals surface area contributed by atoms with Gasteiger partial charge in [0.05, 0.1) is 44.7 Å². The van der Waals surface area contributed by atoms with Gasteiger partial charge in [0.25, 0.3) is 0 Å². The molecule has 0 heterocycles. The lowest BCUT2D eigenvalue weighted by Crippen LogP contribution is -2.28. The van der Waals surface area contributed by atoms with Crippen LogP contribution in [0.3, 0.4) is 0 Å². The van der Waals surface area contributed by atoms with Crippen molar-refractivity contribution in [3.8, 4) is 0 Å². The minimum Gasteiger partial charge on any atom is -0.394 e. The molecule has 0 aromatic carbocycles. The van der Waals surface area contributed by atoms with Crippen LogP contribution in [-0.4, -0.2) is 67.3 Å². The topological polar surface area (TPSA) is 85.2 Å². The van der Waals surface area contributed by atoms with Crippen molar-refractivity contribution in [2.24, 2.45) is 0 Å². The van der Waals surface area contributed by atoms with Crippen LogP contribution in [0.4, 0.5) is 0 Å². The van der Waals surface area contributed by atoms with Gasteiger partial charge in [0.15, 0.2) is 6.29 Å². The van der Waals surface area contributed by atoms with Crippen molar-refractivity contribution in [1.29, 1.82) is 0 Å². The normalized spacial score (nSPS) is 18.1. The summed E-state index contributed by atoms with van der Waals surface area (Å²) in [5.41, 5.74) is 0. The Balaban J connectivity index is 3.58. The third-order valence-corrected chi connectivity index (χ3v) is 2.20. The molecule has 0 aromatic heterocycles. The van der Waals surface area contributed by atoms with E-state index in [9.17, 15) is 4.79 Å². The monoisotopic (exact) mass is 264 g/mol.